The van der Waals surface area contributed by atoms with Crippen LogP contribution >= 0.6 is 15.9 Å². The quantitative estimate of drug-likeness (QED) is 0.791. The molecular formula is C10H10BrNO. The van der Waals surface area contributed by atoms with E-state index in [0.29, 0.717) is 0 Å². The molecule has 2 nitrogen and oxygen atoms in total. The molecule has 0 heterocycles. The first-order chi connectivity index (χ1) is 6.22. The lowest BCUT2D eigenvalue weighted by atomic mass is 10.3. The molecule has 0 aromatic heterocycles. The largest absolute Gasteiger partial charge is 0.323 e. The van der Waals surface area contributed by atoms with Gasteiger partial charge in [0.05, 0.1) is 0 Å². The minimum absolute atomic E-state index is 0.107. The number of amides is 1. The van der Waals surface area contributed by atoms with Gasteiger partial charge < -0.3 is 5.32 Å². The fraction of sp³-hybridized carbons (Fsp3) is 0.100. The van der Waals surface area contributed by atoms with Gasteiger partial charge in [-0.1, -0.05) is 22.0 Å². The average molecular weight is 240 g/mol. The van der Waals surface area contributed by atoms with Crippen LogP contribution in [-0.4, -0.2) is 5.91 Å². The molecule has 1 rings (SSSR count). The average Bonchev–Trinajstić information content (AvgIpc) is 2.09. The van der Waals surface area contributed by atoms with E-state index in [-0.39, 0.29) is 5.91 Å². The first-order valence-electron chi connectivity index (χ1n) is 3.91. The van der Waals surface area contributed by atoms with Crippen LogP contribution in [0, 0.1) is 0 Å². The Morgan fingerprint density at radius 1 is 1.38 bits per heavy atom. The van der Waals surface area contributed by atoms with Crippen molar-refractivity contribution in [3.8, 4) is 0 Å². The fourth-order valence-corrected chi connectivity index (χ4v) is 1.13. The van der Waals surface area contributed by atoms with Crippen LogP contribution < -0.4 is 5.32 Å². The van der Waals surface area contributed by atoms with E-state index in [1.807, 2.05) is 24.3 Å². The molecule has 0 aliphatic carbocycles. The van der Waals surface area contributed by atoms with Gasteiger partial charge in [-0.05, 0) is 37.3 Å². The highest BCUT2D eigenvalue weighted by Crippen LogP contribution is 2.13. The lowest BCUT2D eigenvalue weighted by Crippen LogP contribution is -2.07. The number of benzene rings is 1. The Labute approximate surface area is 85.8 Å². The Kier molecular flexibility index (Phi) is 3.71. The Balaban J connectivity index is 2.64. The van der Waals surface area contributed by atoms with Crippen LogP contribution in [-0.2, 0) is 4.79 Å². The van der Waals surface area contributed by atoms with Crippen molar-refractivity contribution >= 4 is 27.5 Å². The Morgan fingerprint density at radius 2 is 2.00 bits per heavy atom. The number of halogens is 1. The maximum absolute atomic E-state index is 11.1. The fourth-order valence-electron chi connectivity index (χ4n) is 0.869. The van der Waals surface area contributed by atoms with Gasteiger partial charge in [0.2, 0.25) is 5.91 Å². The molecular weight excluding hydrogens is 230 g/mol. The van der Waals surface area contributed by atoms with Crippen molar-refractivity contribution in [2.45, 2.75) is 6.92 Å². The maximum Gasteiger partial charge on any atom is 0.248 e. The molecule has 1 N–H and O–H groups in total. The predicted octanol–water partition coefficient (Wildman–Crippen LogP) is 2.96. The summed E-state index contributed by atoms with van der Waals surface area (Å²) in [5.74, 6) is -0.107. The summed E-state index contributed by atoms with van der Waals surface area (Å²) in [4.78, 5) is 11.1. The third kappa shape index (κ3) is 3.42. The monoisotopic (exact) mass is 239 g/mol. The van der Waals surface area contributed by atoms with Crippen molar-refractivity contribution < 1.29 is 4.79 Å². The summed E-state index contributed by atoms with van der Waals surface area (Å²) >= 11 is 3.32. The number of anilines is 1. The van der Waals surface area contributed by atoms with E-state index in [0.717, 1.165) is 10.2 Å². The van der Waals surface area contributed by atoms with Crippen LogP contribution in [0.4, 0.5) is 5.69 Å². The number of hydrogen-bond acceptors (Lipinski definition) is 1. The van der Waals surface area contributed by atoms with Crippen LogP contribution in [0.25, 0.3) is 0 Å². The summed E-state index contributed by atoms with van der Waals surface area (Å²) in [6.45, 7) is 1.81. The summed E-state index contributed by atoms with van der Waals surface area (Å²) < 4.78 is 0.997. The molecule has 13 heavy (non-hydrogen) atoms. The summed E-state index contributed by atoms with van der Waals surface area (Å²) in [7, 11) is 0. The normalized spacial score (nSPS) is 10.3. The molecule has 3 heteroatoms. The smallest absolute Gasteiger partial charge is 0.248 e. The van der Waals surface area contributed by atoms with E-state index in [1.165, 1.54) is 6.08 Å². The zero-order valence-corrected chi connectivity index (χ0v) is 8.84. The molecule has 0 bridgehead atoms. The van der Waals surface area contributed by atoms with E-state index >= 15 is 0 Å². The molecule has 1 aromatic carbocycles. The van der Waals surface area contributed by atoms with Gasteiger partial charge in [0.15, 0.2) is 0 Å². The Morgan fingerprint density at radius 3 is 2.54 bits per heavy atom. The SMILES string of the molecule is CC=CC(=O)Nc1ccc(Br)cc1. The van der Waals surface area contributed by atoms with Gasteiger partial charge in [-0.15, -0.1) is 0 Å². The van der Waals surface area contributed by atoms with Crippen LogP contribution in [0.15, 0.2) is 40.9 Å². The highest BCUT2D eigenvalue weighted by molar-refractivity contribution is 9.10. The minimum atomic E-state index is -0.107. The van der Waals surface area contributed by atoms with Crippen LogP contribution in [0.5, 0.6) is 0 Å². The third-order valence-electron chi connectivity index (χ3n) is 1.43. The highest BCUT2D eigenvalue weighted by Gasteiger charge is 1.95. The highest BCUT2D eigenvalue weighted by atomic mass is 79.9. The second-order valence-corrected chi connectivity index (χ2v) is 3.41. The second kappa shape index (κ2) is 4.82. The molecule has 1 aromatic rings. The van der Waals surface area contributed by atoms with E-state index in [4.69, 9.17) is 0 Å². The molecule has 0 fully saturated rings. The molecule has 0 spiro atoms. The first kappa shape index (κ1) is 9.99. The zero-order valence-electron chi connectivity index (χ0n) is 7.25. The summed E-state index contributed by atoms with van der Waals surface area (Å²) in [5.41, 5.74) is 0.798. The third-order valence-corrected chi connectivity index (χ3v) is 1.96. The van der Waals surface area contributed by atoms with Crippen molar-refractivity contribution in [1.82, 2.24) is 0 Å². The number of rotatable bonds is 2. The van der Waals surface area contributed by atoms with Crippen molar-refractivity contribution in [2.75, 3.05) is 5.32 Å². The molecule has 0 atom stereocenters. The van der Waals surface area contributed by atoms with Crippen molar-refractivity contribution in [1.29, 1.82) is 0 Å². The van der Waals surface area contributed by atoms with Gasteiger partial charge in [0.25, 0.3) is 0 Å². The Bertz CT molecular complexity index is 316. The van der Waals surface area contributed by atoms with E-state index < -0.39 is 0 Å². The Hall–Kier alpha value is -1.09. The van der Waals surface area contributed by atoms with Crippen molar-refractivity contribution in [2.24, 2.45) is 0 Å². The standard InChI is InChI=1S/C10H10BrNO/c1-2-3-10(13)12-9-6-4-8(11)5-7-9/h2-7H,1H3,(H,12,13). The molecule has 0 aliphatic rings. The molecule has 0 unspecified atom stereocenters. The van der Waals surface area contributed by atoms with E-state index in [1.54, 1.807) is 13.0 Å². The van der Waals surface area contributed by atoms with Crippen LogP contribution in [0.1, 0.15) is 6.92 Å². The number of allylic oxidation sites excluding steroid dienone is 1. The molecule has 0 aliphatic heterocycles. The summed E-state index contributed by atoms with van der Waals surface area (Å²) in [6, 6.07) is 7.44. The van der Waals surface area contributed by atoms with Gasteiger partial charge in [-0.3, -0.25) is 4.79 Å². The number of carbonyl (C=O) groups is 1. The number of hydrogen-bond donors (Lipinski definition) is 1. The minimum Gasteiger partial charge on any atom is -0.323 e. The molecule has 0 radical (unpaired) electrons. The van der Waals surface area contributed by atoms with Gasteiger partial charge in [0, 0.05) is 10.2 Å². The molecule has 68 valence electrons. The lowest BCUT2D eigenvalue weighted by molar-refractivity contribution is -0.111. The lowest BCUT2D eigenvalue weighted by Gasteiger charge is -2.00. The van der Waals surface area contributed by atoms with Crippen molar-refractivity contribution in [3.05, 3.63) is 40.9 Å². The van der Waals surface area contributed by atoms with Gasteiger partial charge in [-0.25, -0.2) is 0 Å². The second-order valence-electron chi connectivity index (χ2n) is 2.50. The topological polar surface area (TPSA) is 29.1 Å². The van der Waals surface area contributed by atoms with Gasteiger partial charge in [-0.2, -0.15) is 0 Å². The van der Waals surface area contributed by atoms with Gasteiger partial charge in [0.1, 0.15) is 0 Å². The van der Waals surface area contributed by atoms with Crippen LogP contribution in [0.3, 0.4) is 0 Å². The van der Waals surface area contributed by atoms with E-state index in [9.17, 15) is 4.79 Å². The molecule has 0 saturated heterocycles. The first-order valence-corrected chi connectivity index (χ1v) is 4.71. The van der Waals surface area contributed by atoms with E-state index in [2.05, 4.69) is 21.2 Å². The zero-order chi connectivity index (χ0) is 9.68. The van der Waals surface area contributed by atoms with Crippen LogP contribution in [0.2, 0.25) is 0 Å². The maximum atomic E-state index is 11.1. The summed E-state index contributed by atoms with van der Waals surface area (Å²) in [6.07, 6.45) is 3.19. The summed E-state index contributed by atoms with van der Waals surface area (Å²) in [5, 5.41) is 2.72. The predicted molar refractivity (Wildman–Crippen MR) is 57.6 cm³/mol. The number of nitrogens with one attached hydrogen (secondary N) is 1. The van der Waals surface area contributed by atoms with Gasteiger partial charge >= 0.3 is 0 Å². The van der Waals surface area contributed by atoms with Crippen molar-refractivity contribution in [3.63, 3.8) is 0 Å². The molecule has 1 amide bonds. The number of carbonyl (C=O) groups excluding carboxylic acids is 1. The molecule has 0 saturated carbocycles.